The molecule has 8 nitrogen and oxygen atoms in total. The minimum atomic E-state index is -0.422. The van der Waals surface area contributed by atoms with E-state index in [1.165, 1.54) is 0 Å². The second-order valence-corrected chi connectivity index (χ2v) is 8.51. The number of hydrogen-bond acceptors (Lipinski definition) is 7. The molecule has 182 valence electrons. The van der Waals surface area contributed by atoms with Gasteiger partial charge in [-0.1, -0.05) is 42.5 Å². The number of rotatable bonds is 10. The summed E-state index contributed by atoms with van der Waals surface area (Å²) in [6.07, 6.45) is 3.51. The summed E-state index contributed by atoms with van der Waals surface area (Å²) in [6, 6.07) is 21.7. The van der Waals surface area contributed by atoms with Crippen molar-refractivity contribution in [1.29, 1.82) is 0 Å². The Kier molecular flexibility index (Phi) is 8.10. The Morgan fingerprint density at radius 3 is 2.36 bits per heavy atom. The van der Waals surface area contributed by atoms with Crippen molar-refractivity contribution in [3.05, 3.63) is 102 Å². The van der Waals surface area contributed by atoms with Crippen molar-refractivity contribution in [2.75, 3.05) is 37.8 Å². The lowest BCUT2D eigenvalue weighted by atomic mass is 10.0. The van der Waals surface area contributed by atoms with Crippen LogP contribution in [0.4, 0.5) is 11.5 Å². The average Bonchev–Trinajstić information content (AvgIpc) is 2.89. The lowest BCUT2D eigenvalue weighted by molar-refractivity contribution is 0.0994. The van der Waals surface area contributed by atoms with Gasteiger partial charge in [-0.2, -0.15) is 0 Å². The van der Waals surface area contributed by atoms with E-state index in [1.54, 1.807) is 54.9 Å². The van der Waals surface area contributed by atoms with Gasteiger partial charge in [0.1, 0.15) is 11.5 Å². The Morgan fingerprint density at radius 2 is 1.61 bits per heavy atom. The molecule has 0 bridgehead atoms. The highest BCUT2D eigenvalue weighted by Crippen LogP contribution is 2.21. The second-order valence-electron chi connectivity index (χ2n) is 8.51. The van der Waals surface area contributed by atoms with Gasteiger partial charge in [0.2, 0.25) is 0 Å². The topological polar surface area (TPSA) is 100 Å². The molecule has 2 aromatic heterocycles. The summed E-state index contributed by atoms with van der Waals surface area (Å²) in [5.74, 6) is 0.473. The number of ketones is 1. The summed E-state index contributed by atoms with van der Waals surface area (Å²) in [7, 11) is 3.98. The molecule has 36 heavy (non-hydrogen) atoms. The van der Waals surface area contributed by atoms with Gasteiger partial charge in [-0.25, -0.2) is 9.97 Å². The fraction of sp³-hybridized carbons (Fsp3) is 0.179. The number of para-hydroxylation sites is 1. The summed E-state index contributed by atoms with van der Waals surface area (Å²) < 4.78 is 0. The molecule has 0 spiro atoms. The lowest BCUT2D eigenvalue weighted by Crippen LogP contribution is -2.22. The number of benzene rings is 2. The molecule has 2 aromatic carbocycles. The number of aromatic nitrogens is 3. The quantitative estimate of drug-likeness (QED) is 0.328. The Morgan fingerprint density at radius 1 is 0.889 bits per heavy atom. The Bertz CT molecular complexity index is 1330. The van der Waals surface area contributed by atoms with Crippen molar-refractivity contribution in [1.82, 2.24) is 19.9 Å². The number of pyridine rings is 1. The van der Waals surface area contributed by atoms with Gasteiger partial charge >= 0.3 is 0 Å². The smallest absolute Gasteiger partial charge is 0.274 e. The molecule has 0 aliphatic rings. The van der Waals surface area contributed by atoms with Gasteiger partial charge in [-0.3, -0.25) is 14.6 Å². The predicted molar refractivity (Wildman–Crippen MR) is 141 cm³/mol. The van der Waals surface area contributed by atoms with Crippen molar-refractivity contribution < 1.29 is 9.59 Å². The number of hydrogen-bond donors (Lipinski definition) is 2. The first-order chi connectivity index (χ1) is 17.5. The number of carbonyl (C=O) groups excluding carboxylic acids is 2. The zero-order valence-electron chi connectivity index (χ0n) is 20.3. The van der Waals surface area contributed by atoms with E-state index in [1.807, 2.05) is 44.4 Å². The summed E-state index contributed by atoms with van der Waals surface area (Å²) in [5, 5.41) is 6.15. The third-order valence-corrected chi connectivity index (χ3v) is 5.45. The molecule has 4 aromatic rings. The van der Waals surface area contributed by atoms with E-state index >= 15 is 0 Å². The lowest BCUT2D eigenvalue weighted by Gasteiger charge is -2.14. The zero-order valence-corrected chi connectivity index (χ0v) is 20.3. The summed E-state index contributed by atoms with van der Waals surface area (Å²) in [4.78, 5) is 41.5. The molecular weight excluding hydrogens is 452 g/mol. The van der Waals surface area contributed by atoms with Crippen LogP contribution < -0.4 is 10.6 Å². The van der Waals surface area contributed by atoms with Crippen molar-refractivity contribution in [3.8, 4) is 11.4 Å². The third-order valence-electron chi connectivity index (χ3n) is 5.45. The first-order valence-electron chi connectivity index (χ1n) is 11.6. The minimum Gasteiger partial charge on any atom is -0.369 e. The van der Waals surface area contributed by atoms with Crippen LogP contribution in [0.5, 0.6) is 0 Å². The van der Waals surface area contributed by atoms with Crippen LogP contribution >= 0.6 is 0 Å². The van der Waals surface area contributed by atoms with E-state index in [0.29, 0.717) is 29.4 Å². The van der Waals surface area contributed by atoms with Crippen molar-refractivity contribution in [2.24, 2.45) is 0 Å². The highest BCUT2D eigenvalue weighted by Gasteiger charge is 2.17. The van der Waals surface area contributed by atoms with E-state index in [0.717, 1.165) is 17.7 Å². The van der Waals surface area contributed by atoms with Crippen LogP contribution in [0.15, 0.2) is 85.2 Å². The first-order valence-corrected chi connectivity index (χ1v) is 11.6. The van der Waals surface area contributed by atoms with Crippen LogP contribution in [0.25, 0.3) is 11.4 Å². The van der Waals surface area contributed by atoms with E-state index < -0.39 is 5.91 Å². The van der Waals surface area contributed by atoms with Gasteiger partial charge in [-0.05, 0) is 43.9 Å². The molecule has 1 amide bonds. The number of carbonyl (C=O) groups is 2. The highest BCUT2D eigenvalue weighted by molar-refractivity contribution is 6.09. The molecule has 0 aliphatic carbocycles. The third kappa shape index (κ3) is 6.58. The van der Waals surface area contributed by atoms with E-state index in [9.17, 15) is 9.59 Å². The molecule has 0 radical (unpaired) electrons. The van der Waals surface area contributed by atoms with Crippen LogP contribution in [-0.4, -0.2) is 58.7 Å². The predicted octanol–water partition coefficient (Wildman–Crippen LogP) is 4.19. The van der Waals surface area contributed by atoms with Crippen LogP contribution in [0, 0.1) is 0 Å². The maximum atomic E-state index is 13.3. The first kappa shape index (κ1) is 24.7. The van der Waals surface area contributed by atoms with Gasteiger partial charge in [0.25, 0.3) is 5.91 Å². The van der Waals surface area contributed by atoms with Crippen molar-refractivity contribution >= 4 is 23.2 Å². The summed E-state index contributed by atoms with van der Waals surface area (Å²) in [5.41, 5.74) is 2.73. The normalized spacial score (nSPS) is 10.8. The van der Waals surface area contributed by atoms with Crippen molar-refractivity contribution in [3.63, 3.8) is 0 Å². The molecule has 4 rings (SSSR count). The van der Waals surface area contributed by atoms with Crippen molar-refractivity contribution in [2.45, 2.75) is 6.42 Å². The molecule has 0 atom stereocenters. The van der Waals surface area contributed by atoms with Gasteiger partial charge in [-0.15, -0.1) is 0 Å². The molecule has 2 heterocycles. The number of amides is 1. The summed E-state index contributed by atoms with van der Waals surface area (Å²) in [6.45, 7) is 1.46. The maximum Gasteiger partial charge on any atom is 0.274 e. The monoisotopic (exact) mass is 480 g/mol. The number of Topliss-reactive ketones (excluding diaryl/α,β-unsaturated/α-hetero) is 1. The SMILES string of the molecule is CN(C)CCNc1cc(C(=O)Nc2ccccc2C(=O)Cc2ccncc2)nc(-c2ccccc2)n1. The summed E-state index contributed by atoms with van der Waals surface area (Å²) >= 11 is 0. The molecule has 2 N–H and O–H groups in total. The highest BCUT2D eigenvalue weighted by atomic mass is 16.2. The molecular formula is C28H28N6O2. The van der Waals surface area contributed by atoms with E-state index in [2.05, 4.69) is 30.5 Å². The van der Waals surface area contributed by atoms with E-state index in [-0.39, 0.29) is 17.9 Å². The minimum absolute atomic E-state index is 0.101. The van der Waals surface area contributed by atoms with Gasteiger partial charge in [0, 0.05) is 49.1 Å². The molecule has 0 unspecified atom stereocenters. The molecule has 0 fully saturated rings. The number of nitrogens with one attached hydrogen (secondary N) is 2. The zero-order chi connectivity index (χ0) is 25.3. The Balaban J connectivity index is 1.59. The average molecular weight is 481 g/mol. The standard InChI is InChI=1S/C28H28N6O2/c1-34(2)17-16-30-26-19-24(31-27(33-26)21-8-4-3-5-9-21)28(36)32-23-11-7-6-10-22(23)25(35)18-20-12-14-29-15-13-20/h3-15,19H,16-18H2,1-2H3,(H,32,36)(H,30,31,33). The number of anilines is 2. The molecule has 0 saturated carbocycles. The van der Waals surface area contributed by atoms with Gasteiger partial charge in [0.05, 0.1) is 5.69 Å². The molecule has 0 aliphatic heterocycles. The fourth-order valence-electron chi connectivity index (χ4n) is 3.58. The maximum absolute atomic E-state index is 13.3. The molecule has 8 heteroatoms. The van der Waals surface area contributed by atoms with Crippen LogP contribution in [0.2, 0.25) is 0 Å². The largest absolute Gasteiger partial charge is 0.369 e. The van der Waals surface area contributed by atoms with Gasteiger partial charge < -0.3 is 15.5 Å². The Labute approximate surface area is 210 Å². The number of likely N-dealkylation sites (N-methyl/N-ethyl adjacent to an activating group) is 1. The van der Waals surface area contributed by atoms with Gasteiger partial charge in [0.15, 0.2) is 11.6 Å². The Hall–Kier alpha value is -4.43. The van der Waals surface area contributed by atoms with Crippen LogP contribution in [0.3, 0.4) is 0 Å². The fourth-order valence-corrected chi connectivity index (χ4v) is 3.58. The van der Waals surface area contributed by atoms with Crippen LogP contribution in [0.1, 0.15) is 26.4 Å². The molecule has 0 saturated heterocycles. The second kappa shape index (κ2) is 11.8. The number of nitrogens with zero attached hydrogens (tertiary/aromatic N) is 4. The van der Waals surface area contributed by atoms with E-state index in [4.69, 9.17) is 0 Å². The van der Waals surface area contributed by atoms with Crippen LogP contribution in [-0.2, 0) is 6.42 Å².